The van der Waals surface area contributed by atoms with Crippen LogP contribution in [0.2, 0.25) is 0 Å². The Labute approximate surface area is 107 Å². The molecule has 0 unspecified atom stereocenters. The van der Waals surface area contributed by atoms with Crippen molar-refractivity contribution in [3.05, 3.63) is 60.4 Å². The van der Waals surface area contributed by atoms with Gasteiger partial charge in [-0.15, -0.1) is 0 Å². The van der Waals surface area contributed by atoms with Crippen LogP contribution < -0.4 is 0 Å². The van der Waals surface area contributed by atoms with Gasteiger partial charge in [0.05, 0.1) is 17.8 Å². The predicted octanol–water partition coefficient (Wildman–Crippen LogP) is 1.02. The van der Waals surface area contributed by atoms with E-state index in [1.54, 1.807) is 6.08 Å². The highest BCUT2D eigenvalue weighted by Gasteiger charge is 2.24. The van der Waals surface area contributed by atoms with Gasteiger partial charge in [0.1, 0.15) is 0 Å². The second kappa shape index (κ2) is 6.02. The van der Waals surface area contributed by atoms with E-state index in [4.69, 9.17) is 5.11 Å². The highest BCUT2D eigenvalue weighted by Crippen LogP contribution is 2.25. The molecule has 1 rings (SSSR count). The van der Waals surface area contributed by atoms with Crippen LogP contribution in [0.15, 0.2) is 60.4 Å². The number of hydrogen-bond donors (Lipinski definition) is 2. The van der Waals surface area contributed by atoms with Crippen molar-refractivity contribution < 1.29 is 18.3 Å². The Balaban J connectivity index is 3.42. The van der Waals surface area contributed by atoms with Gasteiger partial charge in [-0.1, -0.05) is 31.4 Å². The van der Waals surface area contributed by atoms with Crippen LogP contribution in [0.25, 0.3) is 0 Å². The molecule has 0 saturated heterocycles. The van der Waals surface area contributed by atoms with Gasteiger partial charge >= 0.3 is 5.97 Å². The molecule has 6 heteroatoms. The zero-order chi connectivity index (χ0) is 13.7. The van der Waals surface area contributed by atoms with Crippen LogP contribution in [0.4, 0.5) is 0 Å². The maximum absolute atomic E-state index is 11.2. The number of thiol groups is 1. The van der Waals surface area contributed by atoms with Crippen molar-refractivity contribution in [2.24, 2.45) is 0 Å². The topological polar surface area (TPSA) is 74.7 Å². The normalized spacial score (nSPS) is 20.1. The van der Waals surface area contributed by atoms with Crippen molar-refractivity contribution in [3.8, 4) is 0 Å². The quantitative estimate of drug-likeness (QED) is 0.746. The highest BCUT2D eigenvalue weighted by molar-refractivity contribution is 7.70. The van der Waals surface area contributed by atoms with Gasteiger partial charge in [0.2, 0.25) is 10.9 Å². The van der Waals surface area contributed by atoms with Gasteiger partial charge in [0, 0.05) is 0 Å². The van der Waals surface area contributed by atoms with E-state index in [0.29, 0.717) is 11.3 Å². The Hall–Kier alpha value is -2.08. The molecule has 0 amide bonds. The Morgan fingerprint density at radius 2 is 1.94 bits per heavy atom. The third-order valence-electron chi connectivity index (χ3n) is 2.27. The molecule has 0 aromatic rings. The van der Waals surface area contributed by atoms with E-state index >= 15 is 0 Å². The van der Waals surface area contributed by atoms with Gasteiger partial charge in [-0.3, -0.25) is 4.31 Å². The molecule has 0 aromatic carbocycles. The van der Waals surface area contributed by atoms with Crippen LogP contribution >= 0.6 is 0 Å². The molecule has 0 aromatic heterocycles. The zero-order valence-corrected chi connectivity index (χ0v) is 10.5. The molecule has 1 heterocycles. The van der Waals surface area contributed by atoms with Crippen LogP contribution in [0, 0.1) is 0 Å². The maximum Gasteiger partial charge on any atom is 0.333 e. The summed E-state index contributed by atoms with van der Waals surface area (Å²) in [5, 5.41) is 8.96. The molecular formula is C12H13NO4S. The monoisotopic (exact) mass is 267 g/mol. The second-order valence-corrected chi connectivity index (χ2v) is 4.37. The largest absolute Gasteiger partial charge is 0.478 e. The second-order valence-electron chi connectivity index (χ2n) is 3.42. The summed E-state index contributed by atoms with van der Waals surface area (Å²) in [6, 6.07) is 0. The van der Waals surface area contributed by atoms with Crippen molar-refractivity contribution in [2.75, 3.05) is 6.54 Å². The van der Waals surface area contributed by atoms with Gasteiger partial charge in [-0.2, -0.15) is 0 Å². The molecule has 0 saturated carbocycles. The number of carbonyl (C=O) groups is 1. The van der Waals surface area contributed by atoms with Gasteiger partial charge in [-0.05, 0) is 17.7 Å². The number of carboxylic acid groups (broad SMARTS) is 1. The van der Waals surface area contributed by atoms with Crippen LogP contribution in [0.5, 0.6) is 0 Å². The van der Waals surface area contributed by atoms with E-state index in [2.05, 4.69) is 13.2 Å². The smallest absolute Gasteiger partial charge is 0.333 e. The standard InChI is InChI=1S/C12H13NO4S/c1-3-5-9-7-10(12(14)15)8-13(18(16)17)11(9)6-4-2/h3-7,18H,1-2,8H2,(H,14,15)/b9-5-,11-6+. The summed E-state index contributed by atoms with van der Waals surface area (Å²) in [6.45, 7) is 6.83. The summed E-state index contributed by atoms with van der Waals surface area (Å²) in [5.74, 6) is -1.15. The molecule has 1 aliphatic rings. The van der Waals surface area contributed by atoms with E-state index in [1.807, 2.05) is 0 Å². The first-order valence-electron chi connectivity index (χ1n) is 5.02. The van der Waals surface area contributed by atoms with Crippen LogP contribution in [-0.2, 0) is 15.7 Å². The van der Waals surface area contributed by atoms with Crippen molar-refractivity contribution in [1.29, 1.82) is 0 Å². The fourth-order valence-corrected chi connectivity index (χ4v) is 2.16. The van der Waals surface area contributed by atoms with Gasteiger partial charge in [0.25, 0.3) is 0 Å². The van der Waals surface area contributed by atoms with Crippen molar-refractivity contribution in [2.45, 2.75) is 0 Å². The first-order valence-corrected chi connectivity index (χ1v) is 6.15. The van der Waals surface area contributed by atoms with E-state index < -0.39 is 16.9 Å². The molecule has 0 aliphatic carbocycles. The minimum Gasteiger partial charge on any atom is -0.478 e. The fourth-order valence-electron chi connectivity index (χ4n) is 1.53. The van der Waals surface area contributed by atoms with E-state index in [1.165, 1.54) is 24.3 Å². The lowest BCUT2D eigenvalue weighted by Crippen LogP contribution is -2.30. The van der Waals surface area contributed by atoms with Gasteiger partial charge in [-0.25, -0.2) is 13.2 Å². The molecule has 96 valence electrons. The summed E-state index contributed by atoms with van der Waals surface area (Å²) in [7, 11) is -2.92. The van der Waals surface area contributed by atoms with Crippen LogP contribution in [0.1, 0.15) is 0 Å². The SMILES string of the molecule is C=C/C=C1/C=C(C(=O)O)CN([SH](=O)=O)/C1=C/C=C. The Morgan fingerprint density at radius 1 is 1.33 bits per heavy atom. The number of aliphatic carboxylic acids is 1. The third kappa shape index (κ3) is 2.98. The first kappa shape index (κ1) is 14.0. The lowest BCUT2D eigenvalue weighted by atomic mass is 10.0. The molecule has 0 spiro atoms. The van der Waals surface area contributed by atoms with Crippen LogP contribution in [-0.4, -0.2) is 30.3 Å². The molecule has 0 bridgehead atoms. The summed E-state index contributed by atoms with van der Waals surface area (Å²) >= 11 is 0. The van der Waals surface area contributed by atoms with Gasteiger partial charge in [0.15, 0.2) is 0 Å². The molecule has 1 aliphatic heterocycles. The first-order chi connectivity index (χ1) is 8.51. The average molecular weight is 267 g/mol. The van der Waals surface area contributed by atoms with E-state index in [-0.39, 0.29) is 12.1 Å². The molecule has 0 radical (unpaired) electrons. The lowest BCUT2D eigenvalue weighted by Gasteiger charge is -2.26. The summed E-state index contributed by atoms with van der Waals surface area (Å²) in [6.07, 6.45) is 7.38. The Bertz CT molecular complexity index is 544. The summed E-state index contributed by atoms with van der Waals surface area (Å²) < 4.78 is 23.3. The lowest BCUT2D eigenvalue weighted by molar-refractivity contribution is -0.132. The summed E-state index contributed by atoms with van der Waals surface area (Å²) in [4.78, 5) is 11.0. The molecule has 0 fully saturated rings. The van der Waals surface area contributed by atoms with Crippen molar-refractivity contribution in [1.82, 2.24) is 4.31 Å². The van der Waals surface area contributed by atoms with E-state index in [0.717, 1.165) is 4.31 Å². The molecule has 18 heavy (non-hydrogen) atoms. The minimum atomic E-state index is -2.92. The van der Waals surface area contributed by atoms with Crippen molar-refractivity contribution >= 4 is 16.9 Å². The predicted molar refractivity (Wildman–Crippen MR) is 69.3 cm³/mol. The van der Waals surface area contributed by atoms with Crippen LogP contribution in [0.3, 0.4) is 0 Å². The average Bonchev–Trinajstić information content (AvgIpc) is 2.30. The van der Waals surface area contributed by atoms with Gasteiger partial charge < -0.3 is 5.11 Å². The fraction of sp³-hybridized carbons (Fsp3) is 0.0833. The zero-order valence-electron chi connectivity index (χ0n) is 9.57. The number of carboxylic acids is 1. The van der Waals surface area contributed by atoms with Crippen molar-refractivity contribution in [3.63, 3.8) is 0 Å². The number of rotatable bonds is 4. The third-order valence-corrected chi connectivity index (χ3v) is 3.02. The number of hydrogen-bond acceptors (Lipinski definition) is 3. The maximum atomic E-state index is 11.2. The van der Waals surface area contributed by atoms with E-state index in [9.17, 15) is 13.2 Å². The molecule has 1 N–H and O–H groups in total. The highest BCUT2D eigenvalue weighted by atomic mass is 32.2. The minimum absolute atomic E-state index is 0.00325. The summed E-state index contributed by atoms with van der Waals surface area (Å²) in [5.41, 5.74) is 0.849. The number of allylic oxidation sites excluding steroid dienone is 5. The Morgan fingerprint density at radius 3 is 2.39 bits per heavy atom. The molecular weight excluding hydrogens is 254 g/mol. The number of nitrogens with zero attached hydrogens (tertiary/aromatic N) is 1. The Kier molecular flexibility index (Phi) is 4.67. The molecule has 5 nitrogen and oxygen atoms in total. The molecule has 0 atom stereocenters.